The van der Waals surface area contributed by atoms with Gasteiger partial charge in [-0.05, 0) is 55.5 Å². The zero-order valence-corrected chi connectivity index (χ0v) is 44.7. The van der Waals surface area contributed by atoms with Gasteiger partial charge in [0, 0.05) is 36.8 Å². The van der Waals surface area contributed by atoms with Crippen LogP contribution in [-0.2, 0) is 54.1 Å². The van der Waals surface area contributed by atoms with Crippen molar-refractivity contribution in [3.8, 4) is 5.75 Å². The molecule has 0 fully saturated rings. The number of methoxy groups -OCH3 is 1. The molecular formula is C49H67Cl2N3O17S2. The molecule has 0 radical (unpaired) electrons. The number of aliphatic carboxylic acids is 1. The van der Waals surface area contributed by atoms with E-state index in [1.807, 2.05) is 13.8 Å². The normalized spacial score (nSPS) is 21.5. The molecule has 0 aliphatic carbocycles. The van der Waals surface area contributed by atoms with E-state index in [2.05, 4.69) is 16.0 Å². The number of hydrogen-bond donors (Lipinski definition) is 8. The van der Waals surface area contributed by atoms with Crippen LogP contribution in [0.25, 0.3) is 0 Å². The van der Waals surface area contributed by atoms with Gasteiger partial charge in [0.2, 0.25) is 17.7 Å². The van der Waals surface area contributed by atoms with E-state index in [0.717, 1.165) is 21.6 Å². The highest BCUT2D eigenvalue weighted by molar-refractivity contribution is 8.76. The highest BCUT2D eigenvalue weighted by Crippen LogP contribution is 2.35. The molecule has 0 aromatic heterocycles. The second-order valence-electron chi connectivity index (χ2n) is 18.4. The number of carbonyl (C=O) groups is 7. The standard InChI is InChI=1S/C49H67Cl2N3O17S2/c1-26(2)20-37-46(64)69-35(14-11-15-38(57)53-32(22-29-16-17-36(67-7)31(50)21-29)44(61)52-25-49(5,6)47(65)70-37)27(3)42(39(51)30-12-9-8-10-13-30)71-48(66)68-18-19-72-73-24-33(45(62)63)54-43(60)28(4)40(58)41(59)34(56)23-55/h8-13,15-17,21,26-28,32-35,37,39-42,55-56,58-59H,14,18-20,22-25H2,1-7H3,(H,52,61)(H,53,57)(H,54,60)(H,62,63)/b15-11+/t27-,28-,32+,33+,34+,35-,37-,39-,40+,41+,42+/m0/s1. The first-order valence-electron chi connectivity index (χ1n) is 23.3. The Kier molecular flexibility index (Phi) is 26.1. The predicted octanol–water partition coefficient (Wildman–Crippen LogP) is 4.15. The summed E-state index contributed by atoms with van der Waals surface area (Å²) in [5.74, 6) is -7.47. The van der Waals surface area contributed by atoms with Crippen LogP contribution < -0.4 is 20.7 Å². The van der Waals surface area contributed by atoms with Gasteiger partial charge in [-0.25, -0.2) is 14.4 Å². The van der Waals surface area contributed by atoms with E-state index in [1.54, 1.807) is 55.5 Å². The molecule has 2 aromatic rings. The predicted molar refractivity (Wildman–Crippen MR) is 273 cm³/mol. The maximum atomic E-state index is 14.1. The van der Waals surface area contributed by atoms with Crippen LogP contribution in [0.5, 0.6) is 5.75 Å². The Morgan fingerprint density at radius 1 is 0.973 bits per heavy atom. The van der Waals surface area contributed by atoms with Crippen LogP contribution in [0.2, 0.25) is 5.02 Å². The smallest absolute Gasteiger partial charge is 0.495 e. The number of nitrogens with one attached hydrogen (secondary N) is 3. The minimum atomic E-state index is -1.87. The minimum Gasteiger partial charge on any atom is -0.495 e. The van der Waals surface area contributed by atoms with Crippen LogP contribution in [0.3, 0.4) is 0 Å². The van der Waals surface area contributed by atoms with Crippen molar-refractivity contribution in [2.45, 2.75) is 115 Å². The average Bonchev–Trinajstić information content (AvgIpc) is 3.35. The number of amides is 3. The summed E-state index contributed by atoms with van der Waals surface area (Å²) in [7, 11) is 3.57. The van der Waals surface area contributed by atoms with Crippen LogP contribution >= 0.6 is 44.8 Å². The molecule has 1 heterocycles. The molecule has 20 nitrogen and oxygen atoms in total. The number of rotatable bonds is 23. The number of benzene rings is 2. The molecule has 2 aromatic carbocycles. The molecule has 1 aliphatic heterocycles. The largest absolute Gasteiger partial charge is 0.508 e. The van der Waals surface area contributed by atoms with E-state index in [9.17, 15) is 54.0 Å². The van der Waals surface area contributed by atoms with Gasteiger partial charge in [0.25, 0.3) is 0 Å². The van der Waals surface area contributed by atoms with Crippen LogP contribution in [-0.4, -0.2) is 154 Å². The molecule has 8 N–H and O–H groups in total. The van der Waals surface area contributed by atoms with Gasteiger partial charge in [0.1, 0.15) is 48.9 Å². The molecule has 3 rings (SSSR count). The van der Waals surface area contributed by atoms with Crippen molar-refractivity contribution in [3.63, 3.8) is 0 Å². The minimum absolute atomic E-state index is 0.00200. The molecule has 11 atom stereocenters. The molecule has 0 unspecified atom stereocenters. The van der Waals surface area contributed by atoms with Gasteiger partial charge < -0.3 is 65.2 Å². The fraction of sp³-hybridized carbons (Fsp3) is 0.571. The van der Waals surface area contributed by atoms with Gasteiger partial charge in [-0.1, -0.05) is 103 Å². The number of hydrogen-bond acceptors (Lipinski definition) is 18. The number of carboxylic acids is 1. The summed E-state index contributed by atoms with van der Waals surface area (Å²) in [4.78, 5) is 93.2. The number of aliphatic hydroxyl groups is 4. The average molecular weight is 1110 g/mol. The zero-order chi connectivity index (χ0) is 54.6. The monoisotopic (exact) mass is 1100 g/mol. The third kappa shape index (κ3) is 20.1. The number of alkyl halides is 1. The lowest BCUT2D eigenvalue weighted by atomic mass is 9.90. The van der Waals surface area contributed by atoms with E-state index in [1.165, 1.54) is 40.0 Å². The highest BCUT2D eigenvalue weighted by atomic mass is 35.5. The Labute approximate surface area is 442 Å². The second-order valence-corrected chi connectivity index (χ2v) is 21.9. The molecule has 0 spiro atoms. The van der Waals surface area contributed by atoms with Crippen molar-refractivity contribution in [2.75, 3.05) is 38.4 Å². The Hall–Kier alpha value is -4.81. The first-order chi connectivity index (χ1) is 34.4. The van der Waals surface area contributed by atoms with Crippen LogP contribution in [0.4, 0.5) is 4.79 Å². The number of carbonyl (C=O) groups excluding carboxylic acids is 6. The van der Waals surface area contributed by atoms with Crippen molar-refractivity contribution >= 4 is 86.6 Å². The number of aliphatic hydroxyl groups excluding tert-OH is 4. The quantitative estimate of drug-likeness (QED) is 0.0255. The molecule has 24 heteroatoms. The molecule has 406 valence electrons. The van der Waals surface area contributed by atoms with Crippen LogP contribution in [0.15, 0.2) is 60.7 Å². The number of halogens is 2. The Balaban J connectivity index is 1.85. The summed E-state index contributed by atoms with van der Waals surface area (Å²) in [5.41, 5.74) is -0.252. The topological polar surface area (TPSA) is 303 Å². The van der Waals surface area contributed by atoms with Gasteiger partial charge in [-0.2, -0.15) is 0 Å². The maximum absolute atomic E-state index is 14.1. The first kappa shape index (κ1) is 62.5. The summed E-state index contributed by atoms with van der Waals surface area (Å²) in [6.07, 6.45) is -7.96. The lowest BCUT2D eigenvalue weighted by Gasteiger charge is -2.34. The fourth-order valence-corrected chi connectivity index (χ4v) is 9.72. The van der Waals surface area contributed by atoms with Gasteiger partial charge in [-0.15, -0.1) is 11.6 Å². The number of ether oxygens (including phenoxy) is 5. The molecule has 1 aliphatic rings. The summed E-state index contributed by atoms with van der Waals surface area (Å²) in [6, 6.07) is 10.9. The molecule has 0 bridgehead atoms. The van der Waals surface area contributed by atoms with Crippen molar-refractivity contribution in [1.29, 1.82) is 0 Å². The van der Waals surface area contributed by atoms with Gasteiger partial charge in [-0.3, -0.25) is 19.2 Å². The molecular weight excluding hydrogens is 1040 g/mol. The van der Waals surface area contributed by atoms with E-state index in [-0.39, 0.29) is 54.9 Å². The van der Waals surface area contributed by atoms with Crippen molar-refractivity contribution in [2.24, 2.45) is 23.2 Å². The van der Waals surface area contributed by atoms with Crippen molar-refractivity contribution in [3.05, 3.63) is 76.8 Å². The molecule has 73 heavy (non-hydrogen) atoms. The van der Waals surface area contributed by atoms with Gasteiger partial charge in [0.05, 0.1) is 41.6 Å². The summed E-state index contributed by atoms with van der Waals surface area (Å²) in [6.45, 7) is 8.16. The van der Waals surface area contributed by atoms with E-state index < -0.39 is 120 Å². The third-order valence-corrected chi connectivity index (χ3v) is 14.7. The van der Waals surface area contributed by atoms with Crippen LogP contribution in [0.1, 0.15) is 70.9 Å². The van der Waals surface area contributed by atoms with Crippen molar-refractivity contribution in [1.82, 2.24) is 16.0 Å². The Morgan fingerprint density at radius 2 is 1.66 bits per heavy atom. The SMILES string of the molecule is COc1ccc(C[C@H]2NC(=O)/C=C/C[C@@H]([C@H](C)[C@@H](OC(=O)OCCSSC[C@@H](NC(=O)[C@@H](C)[C@@H](O)[C@H](O)[C@H](O)CO)C(=O)O)[C@@H](Cl)c3ccccc3)OC(=O)[C@H](CC(C)C)OC(=O)C(C)(C)CNC2=O)cc1Cl. The van der Waals surface area contributed by atoms with Gasteiger partial charge in [0.15, 0.2) is 6.10 Å². The first-order valence-corrected chi connectivity index (χ1v) is 26.6. The molecule has 0 saturated heterocycles. The summed E-state index contributed by atoms with van der Waals surface area (Å²) < 4.78 is 28.4. The lowest BCUT2D eigenvalue weighted by Crippen LogP contribution is -2.51. The number of esters is 2. The van der Waals surface area contributed by atoms with E-state index >= 15 is 0 Å². The number of carboxylic acid groups (broad SMARTS) is 1. The Bertz CT molecular complexity index is 2190. The lowest BCUT2D eigenvalue weighted by molar-refractivity contribution is -0.180. The summed E-state index contributed by atoms with van der Waals surface area (Å²) in [5, 5.41) is 55.5. The third-order valence-electron chi connectivity index (χ3n) is 11.6. The van der Waals surface area contributed by atoms with Crippen LogP contribution in [0, 0.1) is 23.2 Å². The second kappa shape index (κ2) is 30.5. The maximum Gasteiger partial charge on any atom is 0.508 e. The zero-order valence-electron chi connectivity index (χ0n) is 41.6. The van der Waals surface area contributed by atoms with Crippen molar-refractivity contribution < 1.29 is 82.8 Å². The molecule has 3 amide bonds. The Morgan fingerprint density at radius 3 is 2.27 bits per heavy atom. The van der Waals surface area contributed by atoms with Gasteiger partial charge >= 0.3 is 24.1 Å². The fourth-order valence-electron chi connectivity index (χ4n) is 7.03. The summed E-state index contributed by atoms with van der Waals surface area (Å²) >= 11 is 13.4. The number of cyclic esters (lactones) is 2. The van der Waals surface area contributed by atoms with E-state index in [4.69, 9.17) is 52.0 Å². The van der Waals surface area contributed by atoms with E-state index in [0.29, 0.717) is 16.9 Å². The highest BCUT2D eigenvalue weighted by Gasteiger charge is 2.41. The molecule has 0 saturated carbocycles.